The lowest BCUT2D eigenvalue weighted by molar-refractivity contribution is -0.141. The molecular weight excluding hydrogens is 517 g/mol. The number of rotatable bonds is 6. The number of nitrogens with one attached hydrogen (secondary N) is 1. The van der Waals surface area contributed by atoms with Crippen molar-refractivity contribution in [3.63, 3.8) is 0 Å². The summed E-state index contributed by atoms with van der Waals surface area (Å²) >= 11 is -1.34. The molecule has 0 bridgehead atoms. The molecule has 0 aliphatic heterocycles. The summed E-state index contributed by atoms with van der Waals surface area (Å²) in [6, 6.07) is 11.5. The average molecular weight is 545 g/mol. The third-order valence-corrected chi connectivity index (χ3v) is 8.07. The van der Waals surface area contributed by atoms with Gasteiger partial charge in [-0.1, -0.05) is 18.2 Å². The van der Waals surface area contributed by atoms with E-state index in [1.54, 1.807) is 6.07 Å². The monoisotopic (exact) mass is 544 g/mol. The maximum absolute atomic E-state index is 13.2. The van der Waals surface area contributed by atoms with Gasteiger partial charge in [0.1, 0.15) is 10.4 Å². The highest BCUT2D eigenvalue weighted by Crippen LogP contribution is 2.39. The lowest BCUT2D eigenvalue weighted by Crippen LogP contribution is -2.46. The number of hydrogen-bond acceptors (Lipinski definition) is 7. The fourth-order valence-electron chi connectivity index (χ4n) is 4.32. The van der Waals surface area contributed by atoms with Crippen LogP contribution in [-0.2, 0) is 17.5 Å². The highest BCUT2D eigenvalue weighted by atomic mass is 32.2. The van der Waals surface area contributed by atoms with Crippen LogP contribution in [0.1, 0.15) is 51.0 Å². The van der Waals surface area contributed by atoms with Crippen LogP contribution in [0.25, 0.3) is 28.1 Å². The van der Waals surface area contributed by atoms with Gasteiger partial charge >= 0.3 is 6.18 Å². The number of alkyl halides is 3. The maximum atomic E-state index is 13.2. The quantitative estimate of drug-likeness (QED) is 0.337. The summed E-state index contributed by atoms with van der Waals surface area (Å²) in [4.78, 5) is 12.5. The Morgan fingerprint density at radius 1 is 1.11 bits per heavy atom. The van der Waals surface area contributed by atoms with Crippen LogP contribution in [0.5, 0.6) is 0 Å². The van der Waals surface area contributed by atoms with Crippen molar-refractivity contribution in [2.45, 2.75) is 56.7 Å². The molecule has 8 nitrogen and oxygen atoms in total. The first-order valence-corrected chi connectivity index (χ1v) is 13.3. The van der Waals surface area contributed by atoms with Gasteiger partial charge in [0.05, 0.1) is 35.2 Å². The van der Waals surface area contributed by atoms with E-state index in [4.69, 9.17) is 4.98 Å². The second-order valence-electron chi connectivity index (χ2n) is 10.4. The number of pyridine rings is 1. The maximum Gasteiger partial charge on any atom is 0.433 e. The van der Waals surface area contributed by atoms with E-state index in [2.05, 4.69) is 19.8 Å². The van der Waals surface area contributed by atoms with Gasteiger partial charge < -0.3 is 9.66 Å². The molecule has 4 aromatic rings. The van der Waals surface area contributed by atoms with Gasteiger partial charge in [-0.3, -0.25) is 4.98 Å². The minimum Gasteiger partial charge on any atom is -0.598 e. The number of halogens is 3. The average Bonchev–Trinajstić information content (AvgIpc) is 3.28. The van der Waals surface area contributed by atoms with Gasteiger partial charge in [-0.25, -0.2) is 9.97 Å². The van der Waals surface area contributed by atoms with Crippen molar-refractivity contribution in [3.05, 3.63) is 66.2 Å². The zero-order chi connectivity index (χ0) is 27.2. The molecule has 1 fully saturated rings. The minimum absolute atomic E-state index is 0.0843. The summed E-state index contributed by atoms with van der Waals surface area (Å²) in [5, 5.41) is 14.8. The van der Waals surface area contributed by atoms with E-state index in [1.807, 2.05) is 51.1 Å². The standard InChI is InChI=1S/C26H27F3N6O2S/c1-25(2,3)38(37)34-23(17-11-18(36)12-17)20-6-4-5-19(32-20)15-7-8-16-14-31-35(21(16)13-15)24-30-10-9-22(33-24)26(27,28)29/h4-10,13-14,17-18,23,34,36H,11-12H2,1-3H3/t17?,18?,23-,38+/m0/s1. The highest BCUT2D eigenvalue weighted by molar-refractivity contribution is 7.90. The molecule has 12 heteroatoms. The van der Waals surface area contributed by atoms with E-state index in [0.717, 1.165) is 17.8 Å². The molecule has 0 spiro atoms. The second kappa shape index (κ2) is 9.92. The van der Waals surface area contributed by atoms with Gasteiger partial charge in [-0.2, -0.15) is 23.0 Å². The Bertz CT molecular complexity index is 1450. The molecule has 5 rings (SSSR count). The molecule has 1 aromatic carbocycles. The fourth-order valence-corrected chi connectivity index (χ4v) is 5.22. The number of nitrogens with zero attached hydrogens (tertiary/aromatic N) is 5. The minimum atomic E-state index is -4.60. The molecule has 3 heterocycles. The van der Waals surface area contributed by atoms with Crippen molar-refractivity contribution in [2.75, 3.05) is 0 Å². The van der Waals surface area contributed by atoms with Crippen molar-refractivity contribution in [1.82, 2.24) is 29.5 Å². The zero-order valence-corrected chi connectivity index (χ0v) is 21.8. The fraction of sp³-hybridized carbons (Fsp3) is 0.385. The second-order valence-corrected chi connectivity index (χ2v) is 12.4. The summed E-state index contributed by atoms with van der Waals surface area (Å²) in [5.74, 6) is -0.104. The van der Waals surface area contributed by atoms with Crippen LogP contribution in [0.15, 0.2) is 54.9 Å². The Morgan fingerprint density at radius 3 is 2.55 bits per heavy atom. The summed E-state index contributed by atoms with van der Waals surface area (Å²) < 4.78 is 56.5. The molecule has 0 unspecified atom stereocenters. The molecule has 1 aliphatic rings. The molecule has 1 saturated carbocycles. The van der Waals surface area contributed by atoms with Gasteiger partial charge in [0.2, 0.25) is 0 Å². The summed E-state index contributed by atoms with van der Waals surface area (Å²) in [7, 11) is 0. The third-order valence-electron chi connectivity index (χ3n) is 6.49. The van der Waals surface area contributed by atoms with E-state index in [1.165, 1.54) is 10.9 Å². The Hall–Kier alpha value is -3.06. The van der Waals surface area contributed by atoms with Crippen LogP contribution in [0.4, 0.5) is 13.2 Å². The third kappa shape index (κ3) is 5.39. The number of aromatic nitrogens is 5. The van der Waals surface area contributed by atoms with E-state index < -0.39 is 28.0 Å². The molecule has 0 amide bonds. The molecule has 3 aromatic heterocycles. The molecule has 2 N–H and O–H groups in total. The van der Waals surface area contributed by atoms with Crippen LogP contribution in [0.2, 0.25) is 0 Å². The van der Waals surface area contributed by atoms with Gasteiger partial charge in [0.15, 0.2) is 0 Å². The lowest BCUT2D eigenvalue weighted by Gasteiger charge is -2.38. The number of aliphatic hydroxyl groups excluding tert-OH is 1. The molecule has 0 radical (unpaired) electrons. The van der Waals surface area contributed by atoms with Crippen molar-refractivity contribution in [1.29, 1.82) is 0 Å². The largest absolute Gasteiger partial charge is 0.598 e. The van der Waals surface area contributed by atoms with Crippen molar-refractivity contribution in [3.8, 4) is 17.2 Å². The van der Waals surface area contributed by atoms with Gasteiger partial charge in [0.25, 0.3) is 5.95 Å². The molecule has 1 aliphatic carbocycles. The molecular formula is C26H27F3N6O2S. The number of aliphatic hydroxyl groups is 1. The smallest absolute Gasteiger partial charge is 0.433 e. The first-order chi connectivity index (χ1) is 17.9. The van der Waals surface area contributed by atoms with Gasteiger partial charge in [0, 0.05) is 28.5 Å². The normalized spacial score (nSPS) is 19.8. The SMILES string of the molecule is CC(C)(C)[S@@+]([O-])N[C@H](c1cccc(-c2ccc3cnn(-c4nccc(C(F)(F)F)n4)c3c2)n1)C1CC(O)C1. The van der Waals surface area contributed by atoms with Crippen LogP contribution in [-0.4, -0.2) is 45.2 Å². The Morgan fingerprint density at radius 2 is 1.87 bits per heavy atom. The van der Waals surface area contributed by atoms with Crippen molar-refractivity contribution in [2.24, 2.45) is 5.92 Å². The highest BCUT2D eigenvalue weighted by Gasteiger charge is 2.40. The number of fused-ring (bicyclic) bond motifs is 1. The van der Waals surface area contributed by atoms with Gasteiger partial charge in [-0.05, 0) is 63.8 Å². The first-order valence-electron chi connectivity index (χ1n) is 12.1. The van der Waals surface area contributed by atoms with E-state index >= 15 is 0 Å². The molecule has 2 atom stereocenters. The van der Waals surface area contributed by atoms with Crippen LogP contribution < -0.4 is 4.72 Å². The van der Waals surface area contributed by atoms with E-state index in [9.17, 15) is 22.8 Å². The topological polar surface area (TPSA) is 112 Å². The predicted octanol–water partition coefficient (Wildman–Crippen LogP) is 4.76. The van der Waals surface area contributed by atoms with Crippen molar-refractivity contribution < 1.29 is 22.8 Å². The molecule has 0 saturated heterocycles. The van der Waals surface area contributed by atoms with Crippen LogP contribution in [0.3, 0.4) is 0 Å². The summed E-state index contributed by atoms with van der Waals surface area (Å²) in [5.41, 5.74) is 1.53. The van der Waals surface area contributed by atoms with Crippen LogP contribution >= 0.6 is 0 Å². The Balaban J connectivity index is 1.51. The zero-order valence-electron chi connectivity index (χ0n) is 21.0. The van der Waals surface area contributed by atoms with Gasteiger partial charge in [-0.15, -0.1) is 4.72 Å². The molecule has 200 valence electrons. The number of hydrogen-bond donors (Lipinski definition) is 2. The lowest BCUT2D eigenvalue weighted by atomic mass is 9.76. The summed E-state index contributed by atoms with van der Waals surface area (Å²) in [6.07, 6.45) is -1.21. The predicted molar refractivity (Wildman–Crippen MR) is 137 cm³/mol. The molecule has 38 heavy (non-hydrogen) atoms. The Kier molecular flexibility index (Phi) is 6.93. The number of benzene rings is 1. The van der Waals surface area contributed by atoms with Crippen LogP contribution in [0, 0.1) is 5.92 Å². The Labute approximate surface area is 220 Å². The summed E-state index contributed by atoms with van der Waals surface area (Å²) in [6.45, 7) is 5.66. The van der Waals surface area contributed by atoms with Crippen molar-refractivity contribution >= 4 is 22.3 Å². The van der Waals surface area contributed by atoms with E-state index in [0.29, 0.717) is 35.1 Å². The first kappa shape index (κ1) is 26.5. The van der Waals surface area contributed by atoms with E-state index in [-0.39, 0.29) is 24.0 Å².